The third kappa shape index (κ3) is 9.53. The topological polar surface area (TPSA) is 18.5 Å². The van der Waals surface area contributed by atoms with Gasteiger partial charge >= 0.3 is 91.2 Å². The summed E-state index contributed by atoms with van der Waals surface area (Å²) in [4.78, 5) is 0. The molecule has 0 aromatic heterocycles. The van der Waals surface area contributed by atoms with Gasteiger partial charge in [0.05, 0.1) is 0 Å². The first kappa shape index (κ1) is 13.4. The van der Waals surface area contributed by atoms with Crippen molar-refractivity contribution >= 4 is 43.5 Å². The zero-order valence-electron chi connectivity index (χ0n) is 8.67. The molecular weight excluding hydrogens is 319 g/mol. The van der Waals surface area contributed by atoms with Crippen molar-refractivity contribution in [3.8, 4) is 0 Å². The fourth-order valence-corrected chi connectivity index (χ4v) is 16.0. The second kappa shape index (κ2) is 4.79. The van der Waals surface area contributed by atoms with Crippen LogP contribution in [0.15, 0.2) is 0 Å². The molecule has 0 aromatic carbocycles. The first-order valence-corrected chi connectivity index (χ1v) is 15.0. The maximum atomic E-state index is 5.83. The molecule has 0 unspecified atom stereocenters. The second-order valence-electron chi connectivity index (χ2n) is 4.63. The van der Waals surface area contributed by atoms with Crippen molar-refractivity contribution in [3.63, 3.8) is 0 Å². The number of hydrogen-bond acceptors (Lipinski definition) is 2. The Balaban J connectivity index is 3.92. The summed E-state index contributed by atoms with van der Waals surface area (Å²) in [7, 11) is -2.78. The molecule has 0 saturated carbocycles. The van der Waals surface area contributed by atoms with Gasteiger partial charge in [-0.25, -0.2) is 0 Å². The van der Waals surface area contributed by atoms with Gasteiger partial charge in [0.15, 0.2) is 0 Å². The van der Waals surface area contributed by atoms with Crippen molar-refractivity contribution in [2.45, 2.75) is 39.3 Å². The molecule has 72 valence electrons. The van der Waals surface area contributed by atoms with Gasteiger partial charge in [0.1, 0.15) is 0 Å². The zero-order chi connectivity index (χ0) is 9.99. The second-order valence-corrected chi connectivity index (χ2v) is 17.5. The Bertz CT molecular complexity index is 155. The molecule has 0 fully saturated rings. The standard InChI is InChI=1S/C6H18O2PSi2Te/c1-10(2,3)7-9(12)8-11(4,5)6/h1-6H3/q+1. The van der Waals surface area contributed by atoms with E-state index in [1.54, 1.807) is 0 Å². The normalized spacial score (nSPS) is 13.2. The quantitative estimate of drug-likeness (QED) is 0.580. The van der Waals surface area contributed by atoms with E-state index in [0.29, 0.717) is 0 Å². The van der Waals surface area contributed by atoms with E-state index < -0.39 is 22.2 Å². The molecule has 0 amide bonds. The molecule has 0 saturated heterocycles. The SMILES string of the molecule is C[Si](C)(C)O[P+](=[Te])O[Si](C)(C)C. The van der Waals surface area contributed by atoms with Crippen LogP contribution in [-0.2, 0) is 8.43 Å². The van der Waals surface area contributed by atoms with Crippen LogP contribution in [0.1, 0.15) is 0 Å². The Hall–Kier alpha value is 1.44. The van der Waals surface area contributed by atoms with E-state index in [1.165, 1.54) is 0 Å². The van der Waals surface area contributed by atoms with Crippen molar-refractivity contribution in [2.24, 2.45) is 0 Å². The van der Waals surface area contributed by atoms with Crippen LogP contribution in [0.5, 0.6) is 0 Å². The van der Waals surface area contributed by atoms with Crippen molar-refractivity contribution in [3.05, 3.63) is 0 Å². The van der Waals surface area contributed by atoms with E-state index in [0.717, 1.165) is 0 Å². The summed E-state index contributed by atoms with van der Waals surface area (Å²) < 4.78 is 11.7. The average molecular weight is 337 g/mol. The minimum absolute atomic E-state index is 0.623. The van der Waals surface area contributed by atoms with Gasteiger partial charge in [-0.05, 0) is 0 Å². The Kier molecular flexibility index (Phi) is 5.37. The predicted molar refractivity (Wildman–Crippen MR) is 61.5 cm³/mol. The van der Waals surface area contributed by atoms with E-state index in [-0.39, 0.29) is 0 Å². The van der Waals surface area contributed by atoms with Gasteiger partial charge in [-0.3, -0.25) is 0 Å². The number of hydrogen-bond donors (Lipinski definition) is 0. The molecule has 0 heterocycles. The van der Waals surface area contributed by atoms with Crippen LogP contribution >= 0.6 is 5.60 Å². The summed E-state index contributed by atoms with van der Waals surface area (Å²) in [6.07, 6.45) is 0. The maximum absolute atomic E-state index is 5.83. The monoisotopic (exact) mass is 339 g/mol. The molecular formula is C6H18O2PSi2Te+. The first-order chi connectivity index (χ1) is 5.10. The molecule has 0 bridgehead atoms. The van der Waals surface area contributed by atoms with Crippen LogP contribution in [0.2, 0.25) is 39.3 Å². The molecule has 0 aliphatic rings. The van der Waals surface area contributed by atoms with Crippen molar-refractivity contribution in [1.82, 2.24) is 0 Å². The van der Waals surface area contributed by atoms with Gasteiger partial charge in [-0.15, -0.1) is 0 Å². The fourth-order valence-electron chi connectivity index (χ4n) is 0.466. The molecule has 0 aliphatic carbocycles. The summed E-state index contributed by atoms with van der Waals surface area (Å²) in [5.41, 5.74) is -0.623. The summed E-state index contributed by atoms with van der Waals surface area (Å²) in [6, 6.07) is 0. The van der Waals surface area contributed by atoms with Crippen molar-refractivity contribution < 1.29 is 8.43 Å². The number of rotatable bonds is 4. The zero-order valence-corrected chi connectivity index (χ0v) is 13.9. The molecule has 0 aromatic rings. The van der Waals surface area contributed by atoms with E-state index in [4.69, 9.17) is 8.43 Å². The van der Waals surface area contributed by atoms with Gasteiger partial charge in [0.2, 0.25) is 0 Å². The first-order valence-electron chi connectivity index (χ1n) is 3.96. The van der Waals surface area contributed by atoms with Crippen LogP contribution in [0.3, 0.4) is 0 Å². The minimum atomic E-state index is -1.39. The van der Waals surface area contributed by atoms with Crippen LogP contribution in [0, 0.1) is 0 Å². The summed E-state index contributed by atoms with van der Waals surface area (Å²) >= 11 is 1.99. The fraction of sp³-hybridized carbons (Fsp3) is 1.00. The Labute approximate surface area is 90.9 Å². The summed E-state index contributed by atoms with van der Waals surface area (Å²) in [5, 5.41) is 0. The Morgan fingerprint density at radius 1 is 0.833 bits per heavy atom. The van der Waals surface area contributed by atoms with Gasteiger partial charge in [-0.1, -0.05) is 0 Å². The van der Waals surface area contributed by atoms with Crippen LogP contribution < -0.4 is 0 Å². The average Bonchev–Trinajstić information content (AvgIpc) is 1.49. The molecule has 0 rings (SSSR count). The van der Waals surface area contributed by atoms with E-state index in [1.807, 2.05) is 21.2 Å². The molecule has 0 N–H and O–H groups in total. The molecule has 0 aliphatic heterocycles. The van der Waals surface area contributed by atoms with E-state index >= 15 is 0 Å². The van der Waals surface area contributed by atoms with Gasteiger partial charge in [-0.2, -0.15) is 0 Å². The summed E-state index contributed by atoms with van der Waals surface area (Å²) in [6.45, 7) is 13.2. The Morgan fingerprint density at radius 2 is 1.08 bits per heavy atom. The molecule has 0 spiro atoms. The van der Waals surface area contributed by atoms with Gasteiger partial charge < -0.3 is 0 Å². The third-order valence-electron chi connectivity index (χ3n) is 0.697. The van der Waals surface area contributed by atoms with Crippen molar-refractivity contribution in [2.75, 3.05) is 0 Å². The van der Waals surface area contributed by atoms with Gasteiger partial charge in [0.25, 0.3) is 0 Å². The molecule has 12 heavy (non-hydrogen) atoms. The molecule has 0 atom stereocenters. The van der Waals surface area contributed by atoms with E-state index in [2.05, 4.69) is 39.3 Å². The van der Waals surface area contributed by atoms with Crippen LogP contribution in [0.4, 0.5) is 0 Å². The van der Waals surface area contributed by atoms with Gasteiger partial charge in [0, 0.05) is 0 Å². The van der Waals surface area contributed by atoms with Crippen molar-refractivity contribution in [1.29, 1.82) is 0 Å². The molecule has 2 nitrogen and oxygen atoms in total. The summed E-state index contributed by atoms with van der Waals surface area (Å²) in [5.74, 6) is 0. The van der Waals surface area contributed by atoms with Crippen LogP contribution in [-0.4, -0.2) is 37.9 Å². The van der Waals surface area contributed by atoms with E-state index in [9.17, 15) is 0 Å². The van der Waals surface area contributed by atoms with Crippen LogP contribution in [0.25, 0.3) is 0 Å². The Morgan fingerprint density at radius 3 is 1.25 bits per heavy atom. The molecule has 6 heteroatoms. The predicted octanol–water partition coefficient (Wildman–Crippen LogP) is 3.08. The third-order valence-corrected chi connectivity index (χ3v) is 10.1. The molecule has 0 radical (unpaired) electrons.